The fourth-order valence-corrected chi connectivity index (χ4v) is 1.25. The summed E-state index contributed by atoms with van der Waals surface area (Å²) in [5, 5.41) is 11.3. The summed E-state index contributed by atoms with van der Waals surface area (Å²) in [7, 11) is 0. The standard InChI is InChI=1S/C12H23NO3/c1-9(5-6-11(15)16)13-10(14)7-8-12(2,3)4/h9H,5-8H2,1-4H3,(H,13,14)(H,15,16). The summed E-state index contributed by atoms with van der Waals surface area (Å²) in [5.74, 6) is -0.816. The molecule has 0 aliphatic heterocycles. The van der Waals surface area contributed by atoms with E-state index in [9.17, 15) is 9.59 Å². The highest BCUT2D eigenvalue weighted by atomic mass is 16.4. The van der Waals surface area contributed by atoms with Crippen LogP contribution in [0.5, 0.6) is 0 Å². The normalized spacial score (nSPS) is 13.2. The summed E-state index contributed by atoms with van der Waals surface area (Å²) < 4.78 is 0. The average molecular weight is 229 g/mol. The number of carbonyl (C=O) groups excluding carboxylic acids is 1. The predicted octanol–water partition coefficient (Wildman–Crippen LogP) is 2.18. The van der Waals surface area contributed by atoms with Gasteiger partial charge in [-0.3, -0.25) is 9.59 Å². The van der Waals surface area contributed by atoms with Gasteiger partial charge in [0, 0.05) is 18.9 Å². The van der Waals surface area contributed by atoms with E-state index in [2.05, 4.69) is 26.1 Å². The fourth-order valence-electron chi connectivity index (χ4n) is 1.25. The summed E-state index contributed by atoms with van der Waals surface area (Å²) in [6.45, 7) is 8.11. The third-order valence-corrected chi connectivity index (χ3v) is 2.30. The van der Waals surface area contributed by atoms with Crippen molar-refractivity contribution in [1.82, 2.24) is 5.32 Å². The molecule has 16 heavy (non-hydrogen) atoms. The molecule has 94 valence electrons. The van der Waals surface area contributed by atoms with Gasteiger partial charge < -0.3 is 10.4 Å². The summed E-state index contributed by atoms with van der Waals surface area (Å²) in [4.78, 5) is 21.8. The number of carboxylic acids is 1. The molecule has 1 atom stereocenters. The molecule has 1 unspecified atom stereocenters. The van der Waals surface area contributed by atoms with Crippen LogP contribution in [0.25, 0.3) is 0 Å². The Morgan fingerprint density at radius 1 is 1.25 bits per heavy atom. The lowest BCUT2D eigenvalue weighted by Crippen LogP contribution is -2.33. The van der Waals surface area contributed by atoms with Crippen molar-refractivity contribution >= 4 is 11.9 Å². The van der Waals surface area contributed by atoms with E-state index < -0.39 is 5.97 Å². The van der Waals surface area contributed by atoms with Crippen LogP contribution < -0.4 is 5.32 Å². The van der Waals surface area contributed by atoms with Crippen molar-refractivity contribution in [3.8, 4) is 0 Å². The van der Waals surface area contributed by atoms with E-state index in [-0.39, 0.29) is 23.8 Å². The minimum absolute atomic E-state index is 0.00723. The molecule has 0 bridgehead atoms. The van der Waals surface area contributed by atoms with Gasteiger partial charge in [-0.05, 0) is 25.2 Å². The molecule has 0 fully saturated rings. The highest BCUT2D eigenvalue weighted by Gasteiger charge is 2.14. The van der Waals surface area contributed by atoms with Crippen LogP contribution in [0.2, 0.25) is 0 Å². The van der Waals surface area contributed by atoms with Crippen LogP contribution in [0.3, 0.4) is 0 Å². The Bertz CT molecular complexity index is 243. The molecule has 0 aromatic carbocycles. The van der Waals surface area contributed by atoms with E-state index >= 15 is 0 Å². The van der Waals surface area contributed by atoms with Gasteiger partial charge >= 0.3 is 5.97 Å². The first-order valence-corrected chi connectivity index (χ1v) is 5.72. The minimum Gasteiger partial charge on any atom is -0.481 e. The molecule has 0 aliphatic carbocycles. The molecular formula is C12H23NO3. The van der Waals surface area contributed by atoms with Crippen molar-refractivity contribution in [1.29, 1.82) is 0 Å². The van der Waals surface area contributed by atoms with Gasteiger partial charge in [-0.25, -0.2) is 0 Å². The molecule has 0 aromatic rings. The van der Waals surface area contributed by atoms with Crippen LogP contribution in [0.15, 0.2) is 0 Å². The summed E-state index contributed by atoms with van der Waals surface area (Å²) >= 11 is 0. The molecule has 0 aliphatic rings. The van der Waals surface area contributed by atoms with Gasteiger partial charge in [0.05, 0.1) is 0 Å². The Morgan fingerprint density at radius 3 is 2.25 bits per heavy atom. The predicted molar refractivity (Wildman–Crippen MR) is 63.2 cm³/mol. The van der Waals surface area contributed by atoms with E-state index in [4.69, 9.17) is 5.11 Å². The van der Waals surface area contributed by atoms with Crippen LogP contribution >= 0.6 is 0 Å². The molecule has 0 heterocycles. The van der Waals surface area contributed by atoms with Gasteiger partial charge in [0.25, 0.3) is 0 Å². The van der Waals surface area contributed by atoms with E-state index in [0.717, 1.165) is 6.42 Å². The van der Waals surface area contributed by atoms with Crippen molar-refractivity contribution in [2.24, 2.45) is 5.41 Å². The van der Waals surface area contributed by atoms with Crippen LogP contribution in [-0.2, 0) is 9.59 Å². The van der Waals surface area contributed by atoms with Crippen molar-refractivity contribution in [2.75, 3.05) is 0 Å². The van der Waals surface area contributed by atoms with Gasteiger partial charge in [-0.15, -0.1) is 0 Å². The summed E-state index contributed by atoms with van der Waals surface area (Å²) in [5.41, 5.74) is 0.154. The zero-order valence-corrected chi connectivity index (χ0v) is 10.7. The number of nitrogens with one attached hydrogen (secondary N) is 1. The first-order valence-electron chi connectivity index (χ1n) is 5.72. The number of rotatable bonds is 6. The summed E-state index contributed by atoms with van der Waals surface area (Å²) in [6, 6.07) is -0.0661. The second-order valence-corrected chi connectivity index (χ2v) is 5.46. The Labute approximate surface area is 97.4 Å². The first-order chi connectivity index (χ1) is 7.20. The molecule has 4 nitrogen and oxygen atoms in total. The van der Waals surface area contributed by atoms with Gasteiger partial charge in [0.1, 0.15) is 0 Å². The lowest BCUT2D eigenvalue weighted by atomic mass is 9.90. The molecule has 1 amide bonds. The monoisotopic (exact) mass is 229 g/mol. The van der Waals surface area contributed by atoms with Crippen LogP contribution in [0.1, 0.15) is 53.4 Å². The van der Waals surface area contributed by atoms with Gasteiger partial charge in [-0.2, -0.15) is 0 Å². The van der Waals surface area contributed by atoms with Crippen LogP contribution in [-0.4, -0.2) is 23.0 Å². The third kappa shape index (κ3) is 9.49. The molecule has 0 aromatic heterocycles. The number of hydrogen-bond acceptors (Lipinski definition) is 2. The second-order valence-electron chi connectivity index (χ2n) is 5.46. The van der Waals surface area contributed by atoms with Gasteiger partial charge in [0.2, 0.25) is 5.91 Å². The Kier molecular flexibility index (Phi) is 6.08. The Morgan fingerprint density at radius 2 is 1.81 bits per heavy atom. The zero-order valence-electron chi connectivity index (χ0n) is 10.7. The molecule has 2 N–H and O–H groups in total. The number of aliphatic carboxylic acids is 1. The van der Waals surface area contributed by atoms with E-state index in [1.165, 1.54) is 0 Å². The van der Waals surface area contributed by atoms with E-state index in [0.29, 0.717) is 12.8 Å². The van der Waals surface area contributed by atoms with Crippen LogP contribution in [0.4, 0.5) is 0 Å². The fraction of sp³-hybridized carbons (Fsp3) is 0.833. The maximum atomic E-state index is 11.5. The molecule has 0 saturated carbocycles. The Hall–Kier alpha value is -1.06. The smallest absolute Gasteiger partial charge is 0.303 e. The maximum absolute atomic E-state index is 11.5. The molecule has 0 spiro atoms. The van der Waals surface area contributed by atoms with Crippen molar-refractivity contribution in [3.63, 3.8) is 0 Å². The number of carboxylic acid groups (broad SMARTS) is 1. The second kappa shape index (κ2) is 6.51. The van der Waals surface area contributed by atoms with E-state index in [1.54, 1.807) is 0 Å². The van der Waals surface area contributed by atoms with E-state index in [1.807, 2.05) is 6.92 Å². The zero-order chi connectivity index (χ0) is 12.8. The quantitative estimate of drug-likeness (QED) is 0.733. The molecular weight excluding hydrogens is 206 g/mol. The van der Waals surface area contributed by atoms with Gasteiger partial charge in [-0.1, -0.05) is 20.8 Å². The molecule has 0 saturated heterocycles. The van der Waals surface area contributed by atoms with Gasteiger partial charge in [0.15, 0.2) is 0 Å². The number of amides is 1. The average Bonchev–Trinajstić information content (AvgIpc) is 2.10. The van der Waals surface area contributed by atoms with Crippen LogP contribution in [0, 0.1) is 5.41 Å². The number of carbonyl (C=O) groups is 2. The highest BCUT2D eigenvalue weighted by molar-refractivity contribution is 5.76. The number of hydrogen-bond donors (Lipinski definition) is 2. The summed E-state index contributed by atoms with van der Waals surface area (Å²) in [6.07, 6.45) is 1.92. The molecule has 4 heteroatoms. The lowest BCUT2D eigenvalue weighted by Gasteiger charge is -2.18. The maximum Gasteiger partial charge on any atom is 0.303 e. The van der Waals surface area contributed by atoms with Crippen molar-refractivity contribution < 1.29 is 14.7 Å². The largest absolute Gasteiger partial charge is 0.481 e. The Balaban J connectivity index is 3.74. The third-order valence-electron chi connectivity index (χ3n) is 2.30. The molecule has 0 rings (SSSR count). The minimum atomic E-state index is -0.823. The highest BCUT2D eigenvalue weighted by Crippen LogP contribution is 2.20. The first kappa shape index (κ1) is 14.9. The molecule has 0 radical (unpaired) electrons. The van der Waals surface area contributed by atoms with Crippen molar-refractivity contribution in [2.45, 2.75) is 59.4 Å². The van der Waals surface area contributed by atoms with Crippen molar-refractivity contribution in [3.05, 3.63) is 0 Å². The SMILES string of the molecule is CC(CCC(=O)O)NC(=O)CCC(C)(C)C. The lowest BCUT2D eigenvalue weighted by molar-refractivity contribution is -0.137. The topological polar surface area (TPSA) is 66.4 Å².